The predicted molar refractivity (Wildman–Crippen MR) is 106 cm³/mol. The van der Waals surface area contributed by atoms with Crippen LogP contribution in [0.1, 0.15) is 5.56 Å². The van der Waals surface area contributed by atoms with Crippen LogP contribution in [0.4, 0.5) is 11.4 Å². The van der Waals surface area contributed by atoms with Crippen molar-refractivity contribution in [3.63, 3.8) is 0 Å². The summed E-state index contributed by atoms with van der Waals surface area (Å²) < 4.78 is 0. The number of hydrogen-bond donors (Lipinski definition) is 3. The average Bonchev–Trinajstić information content (AvgIpc) is 3.17. The van der Waals surface area contributed by atoms with E-state index in [4.69, 9.17) is 5.73 Å². The van der Waals surface area contributed by atoms with E-state index in [2.05, 4.69) is 10.6 Å². The van der Waals surface area contributed by atoms with Gasteiger partial charge in [0.2, 0.25) is 11.8 Å². The molecular formula is C19H22N4O2S. The SMILES string of the molecule is NC(=O)CN(Cc1ccccc1)c1cccc(NC(=O)C2CSCN2)c1. The van der Waals surface area contributed by atoms with Crippen LogP contribution in [0.3, 0.4) is 0 Å². The van der Waals surface area contributed by atoms with E-state index in [1.54, 1.807) is 11.8 Å². The second-order valence-corrected chi connectivity index (χ2v) is 7.15. The number of rotatable bonds is 7. The second-order valence-electron chi connectivity index (χ2n) is 6.12. The number of nitrogens with one attached hydrogen (secondary N) is 2. The molecular weight excluding hydrogens is 348 g/mol. The number of nitrogens with two attached hydrogens (primary N) is 1. The van der Waals surface area contributed by atoms with Gasteiger partial charge in [-0.1, -0.05) is 36.4 Å². The molecule has 2 aromatic rings. The van der Waals surface area contributed by atoms with Crippen LogP contribution in [0.25, 0.3) is 0 Å². The van der Waals surface area contributed by atoms with Gasteiger partial charge in [-0.15, -0.1) is 11.8 Å². The number of primary amides is 1. The van der Waals surface area contributed by atoms with Gasteiger partial charge in [-0.2, -0.15) is 0 Å². The predicted octanol–water partition coefficient (Wildman–Crippen LogP) is 1.78. The molecule has 1 heterocycles. The lowest BCUT2D eigenvalue weighted by molar-refractivity contribution is -0.118. The van der Waals surface area contributed by atoms with Crippen LogP contribution in [0.2, 0.25) is 0 Å². The Hall–Kier alpha value is -2.51. The van der Waals surface area contributed by atoms with Crippen molar-refractivity contribution in [3.8, 4) is 0 Å². The largest absolute Gasteiger partial charge is 0.368 e. The molecule has 1 aliphatic heterocycles. The van der Waals surface area contributed by atoms with Crippen LogP contribution in [-0.2, 0) is 16.1 Å². The number of carbonyl (C=O) groups excluding carboxylic acids is 2. The lowest BCUT2D eigenvalue weighted by Gasteiger charge is -2.24. The molecule has 1 fully saturated rings. The molecule has 136 valence electrons. The van der Waals surface area contributed by atoms with Gasteiger partial charge in [0, 0.05) is 29.5 Å². The van der Waals surface area contributed by atoms with Crippen molar-refractivity contribution in [1.29, 1.82) is 0 Å². The van der Waals surface area contributed by atoms with Gasteiger partial charge in [0.1, 0.15) is 0 Å². The second kappa shape index (κ2) is 8.73. The molecule has 7 heteroatoms. The van der Waals surface area contributed by atoms with Gasteiger partial charge >= 0.3 is 0 Å². The standard InChI is InChI=1S/C19H22N4O2S/c20-18(24)11-23(10-14-5-2-1-3-6-14)16-8-4-7-15(9-16)22-19(25)17-12-26-13-21-17/h1-9,17,21H,10-13H2,(H2,20,24)(H,22,25). The smallest absolute Gasteiger partial charge is 0.242 e. The maximum atomic E-state index is 12.3. The van der Waals surface area contributed by atoms with Gasteiger partial charge in [0.05, 0.1) is 12.6 Å². The third-order valence-electron chi connectivity index (χ3n) is 4.07. The lowest BCUT2D eigenvalue weighted by atomic mass is 10.2. The number of anilines is 2. The molecule has 2 aromatic carbocycles. The van der Waals surface area contributed by atoms with Crippen molar-refractivity contribution in [1.82, 2.24) is 5.32 Å². The molecule has 26 heavy (non-hydrogen) atoms. The van der Waals surface area contributed by atoms with Crippen LogP contribution in [0, 0.1) is 0 Å². The average molecular weight is 370 g/mol. The van der Waals surface area contributed by atoms with Gasteiger partial charge in [-0.3, -0.25) is 14.9 Å². The van der Waals surface area contributed by atoms with E-state index in [0.717, 1.165) is 22.9 Å². The van der Waals surface area contributed by atoms with Crippen LogP contribution in [-0.4, -0.2) is 36.0 Å². The highest BCUT2D eigenvalue weighted by molar-refractivity contribution is 7.99. The molecule has 6 nitrogen and oxygen atoms in total. The number of thioether (sulfide) groups is 1. The lowest BCUT2D eigenvalue weighted by Crippen LogP contribution is -2.37. The maximum absolute atomic E-state index is 12.3. The molecule has 0 aliphatic carbocycles. The van der Waals surface area contributed by atoms with Gasteiger partial charge in [-0.05, 0) is 23.8 Å². The van der Waals surface area contributed by atoms with Crippen molar-refractivity contribution < 1.29 is 9.59 Å². The van der Waals surface area contributed by atoms with Crippen molar-refractivity contribution in [2.24, 2.45) is 5.73 Å². The van der Waals surface area contributed by atoms with Crippen molar-refractivity contribution in [2.45, 2.75) is 12.6 Å². The zero-order valence-electron chi connectivity index (χ0n) is 14.4. The highest BCUT2D eigenvalue weighted by Gasteiger charge is 2.22. The summed E-state index contributed by atoms with van der Waals surface area (Å²) in [5, 5.41) is 6.09. The first-order valence-electron chi connectivity index (χ1n) is 8.41. The molecule has 1 saturated heterocycles. The van der Waals surface area contributed by atoms with E-state index in [-0.39, 0.29) is 18.5 Å². The summed E-state index contributed by atoms with van der Waals surface area (Å²) in [6, 6.07) is 17.2. The van der Waals surface area contributed by atoms with E-state index >= 15 is 0 Å². The summed E-state index contributed by atoms with van der Waals surface area (Å²) in [7, 11) is 0. The highest BCUT2D eigenvalue weighted by Crippen LogP contribution is 2.22. The van der Waals surface area contributed by atoms with Crippen molar-refractivity contribution in [3.05, 3.63) is 60.2 Å². The Morgan fingerprint density at radius 2 is 2.00 bits per heavy atom. The molecule has 3 rings (SSSR count). The first-order valence-corrected chi connectivity index (χ1v) is 9.56. The van der Waals surface area contributed by atoms with E-state index in [1.807, 2.05) is 59.5 Å². The van der Waals surface area contributed by atoms with Gasteiger partial charge in [-0.25, -0.2) is 0 Å². The Labute approximate surface area is 157 Å². The zero-order chi connectivity index (χ0) is 18.4. The Morgan fingerprint density at radius 1 is 1.19 bits per heavy atom. The number of hydrogen-bond acceptors (Lipinski definition) is 5. The summed E-state index contributed by atoms with van der Waals surface area (Å²) in [5.74, 6) is 1.12. The number of nitrogens with zero attached hydrogens (tertiary/aromatic N) is 1. The molecule has 0 bridgehead atoms. The number of amides is 2. The monoisotopic (exact) mass is 370 g/mol. The summed E-state index contributed by atoms with van der Waals surface area (Å²) >= 11 is 1.71. The zero-order valence-corrected chi connectivity index (χ0v) is 15.2. The number of carbonyl (C=O) groups is 2. The molecule has 4 N–H and O–H groups in total. The molecule has 0 spiro atoms. The quantitative estimate of drug-likeness (QED) is 0.692. The van der Waals surface area contributed by atoms with Crippen LogP contribution in [0.5, 0.6) is 0 Å². The van der Waals surface area contributed by atoms with E-state index in [9.17, 15) is 9.59 Å². The summed E-state index contributed by atoms with van der Waals surface area (Å²) in [6.07, 6.45) is 0. The summed E-state index contributed by atoms with van der Waals surface area (Å²) in [6.45, 7) is 0.662. The molecule has 1 unspecified atom stereocenters. The fraction of sp³-hybridized carbons (Fsp3) is 0.263. The minimum absolute atomic E-state index is 0.0448. The first kappa shape index (κ1) is 18.3. The topological polar surface area (TPSA) is 87.5 Å². The van der Waals surface area contributed by atoms with Crippen molar-refractivity contribution >= 4 is 35.0 Å². The Bertz CT molecular complexity index is 763. The normalized spacial score (nSPS) is 16.2. The van der Waals surface area contributed by atoms with E-state index in [0.29, 0.717) is 12.2 Å². The molecule has 0 radical (unpaired) electrons. The highest BCUT2D eigenvalue weighted by atomic mass is 32.2. The Kier molecular flexibility index (Phi) is 6.14. The van der Waals surface area contributed by atoms with Gasteiger partial charge < -0.3 is 16.0 Å². The van der Waals surface area contributed by atoms with Crippen molar-refractivity contribution in [2.75, 3.05) is 28.4 Å². The molecule has 0 saturated carbocycles. The minimum atomic E-state index is -0.400. The van der Waals surface area contributed by atoms with Crippen LogP contribution >= 0.6 is 11.8 Å². The summed E-state index contributed by atoms with van der Waals surface area (Å²) in [4.78, 5) is 25.7. The minimum Gasteiger partial charge on any atom is -0.368 e. The van der Waals surface area contributed by atoms with E-state index < -0.39 is 5.91 Å². The van der Waals surface area contributed by atoms with Crippen LogP contribution < -0.4 is 21.3 Å². The first-order chi connectivity index (χ1) is 12.6. The van der Waals surface area contributed by atoms with Crippen LogP contribution in [0.15, 0.2) is 54.6 Å². The fourth-order valence-electron chi connectivity index (χ4n) is 2.80. The Balaban J connectivity index is 1.75. The molecule has 1 atom stereocenters. The van der Waals surface area contributed by atoms with E-state index in [1.165, 1.54) is 0 Å². The molecule has 2 amide bonds. The molecule has 1 aliphatic rings. The number of benzene rings is 2. The Morgan fingerprint density at radius 3 is 2.69 bits per heavy atom. The third-order valence-corrected chi connectivity index (χ3v) is 5.01. The maximum Gasteiger partial charge on any atom is 0.242 e. The summed E-state index contributed by atoms with van der Waals surface area (Å²) in [5.41, 5.74) is 8.04. The van der Waals surface area contributed by atoms with Gasteiger partial charge in [0.25, 0.3) is 0 Å². The fourth-order valence-corrected chi connectivity index (χ4v) is 3.75. The molecule has 0 aromatic heterocycles. The third kappa shape index (κ3) is 5.00. The van der Waals surface area contributed by atoms with Gasteiger partial charge in [0.15, 0.2) is 0 Å².